The van der Waals surface area contributed by atoms with E-state index in [0.717, 1.165) is 5.56 Å². The minimum absolute atomic E-state index is 0.583. The van der Waals surface area contributed by atoms with E-state index in [0.29, 0.717) is 11.5 Å². The molecule has 4 heteroatoms. The number of aromatic nitrogens is 2. The molecule has 0 spiro atoms. The predicted molar refractivity (Wildman–Crippen MR) is 63.7 cm³/mol. The Morgan fingerprint density at radius 3 is 2.20 bits per heavy atom. The number of hydrogen-bond donors (Lipinski definition) is 1. The van der Waals surface area contributed by atoms with E-state index in [2.05, 4.69) is 28.4 Å². The topological polar surface area (TPSA) is 51.8 Å². The minimum atomic E-state index is 0.583. The van der Waals surface area contributed by atoms with Crippen LogP contribution >= 0.6 is 11.8 Å². The molecule has 2 rings (SSSR count). The number of benzene rings is 1. The SMILES string of the molecule is CSc1ccc(-c2ncc(N)cn2)cc1. The largest absolute Gasteiger partial charge is 0.396 e. The summed E-state index contributed by atoms with van der Waals surface area (Å²) in [7, 11) is 0. The fourth-order valence-electron chi connectivity index (χ4n) is 1.23. The number of nitrogens with zero attached hydrogens (tertiary/aromatic N) is 2. The molecule has 76 valence electrons. The predicted octanol–water partition coefficient (Wildman–Crippen LogP) is 2.45. The Hall–Kier alpha value is -1.55. The number of nitrogens with two attached hydrogens (primary N) is 1. The van der Waals surface area contributed by atoms with Gasteiger partial charge in [0.15, 0.2) is 5.82 Å². The normalized spacial score (nSPS) is 10.2. The van der Waals surface area contributed by atoms with Crippen molar-refractivity contribution < 1.29 is 0 Å². The van der Waals surface area contributed by atoms with Crippen LogP contribution in [0.15, 0.2) is 41.6 Å². The molecule has 1 aromatic heterocycles. The molecule has 0 aliphatic heterocycles. The van der Waals surface area contributed by atoms with Crippen LogP contribution in [0, 0.1) is 0 Å². The van der Waals surface area contributed by atoms with Gasteiger partial charge in [0.2, 0.25) is 0 Å². The Morgan fingerprint density at radius 1 is 1.07 bits per heavy atom. The highest BCUT2D eigenvalue weighted by Gasteiger charge is 2.00. The summed E-state index contributed by atoms with van der Waals surface area (Å²) in [6.45, 7) is 0. The number of hydrogen-bond acceptors (Lipinski definition) is 4. The van der Waals surface area contributed by atoms with Crippen LogP contribution < -0.4 is 5.73 Å². The maximum atomic E-state index is 5.52. The highest BCUT2D eigenvalue weighted by atomic mass is 32.2. The summed E-state index contributed by atoms with van der Waals surface area (Å²) in [6, 6.07) is 8.13. The Morgan fingerprint density at radius 2 is 1.67 bits per heavy atom. The summed E-state index contributed by atoms with van der Waals surface area (Å²) >= 11 is 1.71. The summed E-state index contributed by atoms with van der Waals surface area (Å²) in [5.74, 6) is 0.705. The van der Waals surface area contributed by atoms with Gasteiger partial charge in [-0.15, -0.1) is 11.8 Å². The lowest BCUT2D eigenvalue weighted by atomic mass is 10.2. The first kappa shape index (κ1) is 9.98. The zero-order chi connectivity index (χ0) is 10.7. The second-order valence-electron chi connectivity index (χ2n) is 3.07. The van der Waals surface area contributed by atoms with Gasteiger partial charge in [-0.25, -0.2) is 9.97 Å². The number of rotatable bonds is 2. The van der Waals surface area contributed by atoms with Gasteiger partial charge in [-0.2, -0.15) is 0 Å². The van der Waals surface area contributed by atoms with E-state index >= 15 is 0 Å². The quantitative estimate of drug-likeness (QED) is 0.785. The van der Waals surface area contributed by atoms with Crippen LogP contribution in [0.4, 0.5) is 5.69 Å². The van der Waals surface area contributed by atoms with Crippen molar-refractivity contribution in [3.8, 4) is 11.4 Å². The molecule has 2 N–H and O–H groups in total. The third-order valence-corrected chi connectivity index (χ3v) is 2.76. The zero-order valence-electron chi connectivity index (χ0n) is 8.34. The lowest BCUT2D eigenvalue weighted by Crippen LogP contribution is -1.91. The van der Waals surface area contributed by atoms with Crippen LogP contribution in [0.3, 0.4) is 0 Å². The standard InChI is InChI=1S/C11H11N3S/c1-15-10-4-2-8(3-5-10)11-13-6-9(12)7-14-11/h2-7H,12H2,1H3. The third-order valence-electron chi connectivity index (χ3n) is 2.02. The summed E-state index contributed by atoms with van der Waals surface area (Å²) < 4.78 is 0. The van der Waals surface area contributed by atoms with Gasteiger partial charge in [0.05, 0.1) is 18.1 Å². The van der Waals surface area contributed by atoms with Crippen LogP contribution in [0.1, 0.15) is 0 Å². The number of thioether (sulfide) groups is 1. The van der Waals surface area contributed by atoms with Crippen LogP contribution in [0.2, 0.25) is 0 Å². The van der Waals surface area contributed by atoms with Crippen molar-refractivity contribution in [3.63, 3.8) is 0 Å². The van der Waals surface area contributed by atoms with E-state index in [1.807, 2.05) is 12.1 Å². The molecule has 0 bridgehead atoms. The summed E-state index contributed by atoms with van der Waals surface area (Å²) in [6.07, 6.45) is 5.28. The molecule has 15 heavy (non-hydrogen) atoms. The van der Waals surface area contributed by atoms with Crippen molar-refractivity contribution in [2.24, 2.45) is 0 Å². The van der Waals surface area contributed by atoms with Gasteiger partial charge in [-0.3, -0.25) is 0 Å². The summed E-state index contributed by atoms with van der Waals surface area (Å²) in [4.78, 5) is 9.55. The molecule has 0 saturated carbocycles. The molecule has 1 aromatic carbocycles. The first-order chi connectivity index (χ1) is 7.29. The number of nitrogen functional groups attached to an aromatic ring is 1. The van der Waals surface area contributed by atoms with E-state index in [9.17, 15) is 0 Å². The summed E-state index contributed by atoms with van der Waals surface area (Å²) in [5, 5.41) is 0. The summed E-state index contributed by atoms with van der Waals surface area (Å²) in [5.41, 5.74) is 7.11. The third kappa shape index (κ3) is 2.27. The maximum Gasteiger partial charge on any atom is 0.159 e. The Balaban J connectivity index is 2.33. The van der Waals surface area contributed by atoms with Gasteiger partial charge in [0.1, 0.15) is 0 Å². The highest BCUT2D eigenvalue weighted by molar-refractivity contribution is 7.98. The molecule has 0 fully saturated rings. The van der Waals surface area contributed by atoms with Crippen molar-refractivity contribution in [2.75, 3.05) is 12.0 Å². The average molecular weight is 217 g/mol. The molecule has 0 amide bonds. The van der Waals surface area contributed by atoms with Gasteiger partial charge < -0.3 is 5.73 Å². The molecule has 0 aliphatic carbocycles. The molecule has 0 saturated heterocycles. The fourth-order valence-corrected chi connectivity index (χ4v) is 1.64. The van der Waals surface area contributed by atoms with E-state index in [4.69, 9.17) is 5.73 Å². The second-order valence-corrected chi connectivity index (χ2v) is 3.95. The van der Waals surface area contributed by atoms with Crippen LogP contribution in [-0.4, -0.2) is 16.2 Å². The smallest absolute Gasteiger partial charge is 0.159 e. The lowest BCUT2D eigenvalue weighted by molar-refractivity contribution is 1.18. The van der Waals surface area contributed by atoms with Crippen molar-refractivity contribution in [1.29, 1.82) is 0 Å². The Labute approximate surface area is 92.8 Å². The highest BCUT2D eigenvalue weighted by Crippen LogP contribution is 2.20. The molecule has 2 aromatic rings. The fraction of sp³-hybridized carbons (Fsp3) is 0.0909. The monoisotopic (exact) mass is 217 g/mol. The number of anilines is 1. The Kier molecular flexibility index (Phi) is 2.87. The second kappa shape index (κ2) is 4.31. The van der Waals surface area contributed by atoms with E-state index < -0.39 is 0 Å². The van der Waals surface area contributed by atoms with Crippen molar-refractivity contribution in [1.82, 2.24) is 9.97 Å². The van der Waals surface area contributed by atoms with Crippen molar-refractivity contribution >= 4 is 17.4 Å². The molecule has 0 radical (unpaired) electrons. The van der Waals surface area contributed by atoms with Crippen LogP contribution in [0.5, 0.6) is 0 Å². The van der Waals surface area contributed by atoms with Gasteiger partial charge in [0, 0.05) is 10.5 Å². The van der Waals surface area contributed by atoms with E-state index in [-0.39, 0.29) is 0 Å². The molecule has 0 unspecified atom stereocenters. The van der Waals surface area contributed by atoms with E-state index in [1.54, 1.807) is 24.2 Å². The van der Waals surface area contributed by atoms with Crippen molar-refractivity contribution in [2.45, 2.75) is 4.90 Å². The molecular weight excluding hydrogens is 206 g/mol. The Bertz CT molecular complexity index is 436. The van der Waals surface area contributed by atoms with E-state index in [1.165, 1.54) is 4.90 Å². The zero-order valence-corrected chi connectivity index (χ0v) is 9.16. The minimum Gasteiger partial charge on any atom is -0.396 e. The van der Waals surface area contributed by atoms with Crippen LogP contribution in [-0.2, 0) is 0 Å². The van der Waals surface area contributed by atoms with Crippen LogP contribution in [0.25, 0.3) is 11.4 Å². The molecular formula is C11H11N3S. The molecule has 0 aliphatic rings. The first-order valence-corrected chi connectivity index (χ1v) is 5.74. The lowest BCUT2D eigenvalue weighted by Gasteiger charge is -2.01. The van der Waals surface area contributed by atoms with Gasteiger partial charge in [0.25, 0.3) is 0 Å². The molecule has 3 nitrogen and oxygen atoms in total. The van der Waals surface area contributed by atoms with Crippen molar-refractivity contribution in [3.05, 3.63) is 36.7 Å². The average Bonchev–Trinajstić information content (AvgIpc) is 2.30. The molecule has 1 heterocycles. The first-order valence-electron chi connectivity index (χ1n) is 4.51. The molecule has 0 atom stereocenters. The van der Waals surface area contributed by atoms with Gasteiger partial charge >= 0.3 is 0 Å². The van der Waals surface area contributed by atoms with Gasteiger partial charge in [-0.05, 0) is 18.4 Å². The van der Waals surface area contributed by atoms with Gasteiger partial charge in [-0.1, -0.05) is 12.1 Å². The maximum absolute atomic E-state index is 5.52.